The van der Waals surface area contributed by atoms with Gasteiger partial charge in [-0.15, -0.1) is 0 Å². The van der Waals surface area contributed by atoms with Crippen molar-refractivity contribution in [1.82, 2.24) is 15.2 Å². The van der Waals surface area contributed by atoms with Gasteiger partial charge in [-0.1, -0.05) is 19.9 Å². The molecule has 0 atom stereocenters. The first-order valence-electron chi connectivity index (χ1n) is 8.95. The van der Waals surface area contributed by atoms with E-state index >= 15 is 0 Å². The zero-order valence-electron chi connectivity index (χ0n) is 15.7. The Hall–Kier alpha value is -2.84. The van der Waals surface area contributed by atoms with Crippen LogP contribution in [-0.2, 0) is 12.7 Å². The summed E-state index contributed by atoms with van der Waals surface area (Å²) in [5.74, 6) is -0.818. The second-order valence-electron chi connectivity index (χ2n) is 6.19. The van der Waals surface area contributed by atoms with Gasteiger partial charge in [-0.3, -0.25) is 9.59 Å². The molecule has 0 saturated heterocycles. The van der Waals surface area contributed by atoms with Crippen LogP contribution in [0.3, 0.4) is 0 Å². The number of alkyl halides is 3. The van der Waals surface area contributed by atoms with Gasteiger partial charge in [0.15, 0.2) is 5.69 Å². The number of halogens is 3. The minimum atomic E-state index is -4.53. The van der Waals surface area contributed by atoms with Crippen molar-refractivity contribution in [2.75, 3.05) is 13.1 Å². The molecule has 152 valence electrons. The van der Waals surface area contributed by atoms with Crippen LogP contribution in [0.1, 0.15) is 59.0 Å². The predicted octanol–water partition coefficient (Wildman–Crippen LogP) is 3.89. The average molecular weight is 397 g/mol. The van der Waals surface area contributed by atoms with Crippen molar-refractivity contribution in [3.05, 3.63) is 53.2 Å². The van der Waals surface area contributed by atoms with Gasteiger partial charge in [-0.25, -0.2) is 4.98 Å². The van der Waals surface area contributed by atoms with Crippen molar-refractivity contribution in [3.8, 4) is 0 Å². The van der Waals surface area contributed by atoms with Crippen LogP contribution in [0.2, 0.25) is 0 Å². The van der Waals surface area contributed by atoms with Crippen LogP contribution < -0.4 is 5.32 Å². The molecule has 0 aliphatic carbocycles. The highest BCUT2D eigenvalue weighted by Gasteiger charge is 2.31. The van der Waals surface area contributed by atoms with Crippen LogP contribution in [0.4, 0.5) is 13.2 Å². The number of carbonyl (C=O) groups is 2. The Balaban J connectivity index is 2.16. The van der Waals surface area contributed by atoms with E-state index in [-0.39, 0.29) is 29.6 Å². The molecule has 0 saturated carbocycles. The van der Waals surface area contributed by atoms with Crippen LogP contribution in [0, 0.1) is 0 Å². The standard InChI is InChI=1S/C19H22F3N3O3/c1-3-8-23-17(26)15-12-28-16(24-15)11-25(9-4-2)18(27)13-6-5-7-14(10-13)19(20,21)22/h5-7,10,12H,3-4,8-9,11H2,1-2H3,(H,23,26). The summed E-state index contributed by atoms with van der Waals surface area (Å²) in [6.07, 6.45) is -1.98. The molecule has 1 aromatic carbocycles. The van der Waals surface area contributed by atoms with Crippen LogP contribution in [0.25, 0.3) is 0 Å². The fourth-order valence-electron chi connectivity index (χ4n) is 2.51. The maximum Gasteiger partial charge on any atom is 0.416 e. The second kappa shape index (κ2) is 9.38. The van der Waals surface area contributed by atoms with E-state index in [1.165, 1.54) is 23.3 Å². The summed E-state index contributed by atoms with van der Waals surface area (Å²) in [6, 6.07) is 4.27. The third-order valence-electron chi connectivity index (χ3n) is 3.86. The van der Waals surface area contributed by atoms with Gasteiger partial charge in [-0.05, 0) is 31.0 Å². The van der Waals surface area contributed by atoms with E-state index in [1.807, 2.05) is 13.8 Å². The zero-order chi connectivity index (χ0) is 20.7. The van der Waals surface area contributed by atoms with Crippen molar-refractivity contribution >= 4 is 11.8 Å². The molecule has 28 heavy (non-hydrogen) atoms. The molecular weight excluding hydrogens is 375 g/mol. The predicted molar refractivity (Wildman–Crippen MR) is 95.6 cm³/mol. The molecule has 2 rings (SSSR count). The molecule has 0 radical (unpaired) electrons. The number of hydrogen-bond acceptors (Lipinski definition) is 4. The Kier molecular flexibility index (Phi) is 7.19. The van der Waals surface area contributed by atoms with E-state index in [2.05, 4.69) is 10.3 Å². The smallest absolute Gasteiger partial charge is 0.416 e. The monoisotopic (exact) mass is 397 g/mol. The first-order valence-corrected chi connectivity index (χ1v) is 8.95. The maximum atomic E-state index is 12.9. The van der Waals surface area contributed by atoms with Gasteiger partial charge in [0.05, 0.1) is 12.1 Å². The van der Waals surface area contributed by atoms with Gasteiger partial charge in [0.25, 0.3) is 11.8 Å². The van der Waals surface area contributed by atoms with Crippen molar-refractivity contribution in [3.63, 3.8) is 0 Å². The third-order valence-corrected chi connectivity index (χ3v) is 3.86. The lowest BCUT2D eigenvalue weighted by atomic mass is 10.1. The molecule has 0 unspecified atom stereocenters. The van der Waals surface area contributed by atoms with E-state index in [0.717, 1.165) is 18.6 Å². The lowest BCUT2D eigenvalue weighted by Crippen LogP contribution is -2.31. The molecule has 2 aromatic rings. The number of nitrogens with one attached hydrogen (secondary N) is 1. The van der Waals surface area contributed by atoms with Gasteiger partial charge < -0.3 is 14.6 Å². The van der Waals surface area contributed by atoms with Crippen molar-refractivity contribution in [2.24, 2.45) is 0 Å². The topological polar surface area (TPSA) is 75.4 Å². The number of amides is 2. The summed E-state index contributed by atoms with van der Waals surface area (Å²) in [6.45, 7) is 4.50. The molecule has 2 amide bonds. The zero-order valence-corrected chi connectivity index (χ0v) is 15.7. The summed E-state index contributed by atoms with van der Waals surface area (Å²) >= 11 is 0. The SMILES string of the molecule is CCCNC(=O)c1coc(CN(CCC)C(=O)c2cccc(C(F)(F)F)c2)n1. The molecule has 0 spiro atoms. The Morgan fingerprint density at radius 2 is 1.96 bits per heavy atom. The number of carbonyl (C=O) groups excluding carboxylic acids is 2. The molecule has 1 aromatic heterocycles. The molecular formula is C19H22F3N3O3. The Morgan fingerprint density at radius 3 is 2.61 bits per heavy atom. The minimum Gasteiger partial charge on any atom is -0.446 e. The van der Waals surface area contributed by atoms with E-state index in [9.17, 15) is 22.8 Å². The van der Waals surface area contributed by atoms with Crippen molar-refractivity contribution in [2.45, 2.75) is 39.4 Å². The first-order chi connectivity index (χ1) is 13.3. The normalized spacial score (nSPS) is 11.3. The van der Waals surface area contributed by atoms with Crippen LogP contribution in [0.5, 0.6) is 0 Å². The first kappa shape index (κ1) is 21.5. The molecule has 0 fully saturated rings. The lowest BCUT2D eigenvalue weighted by molar-refractivity contribution is -0.137. The number of rotatable bonds is 8. The van der Waals surface area contributed by atoms with Gasteiger partial charge in [0.1, 0.15) is 6.26 Å². The van der Waals surface area contributed by atoms with Crippen LogP contribution >= 0.6 is 0 Å². The highest BCUT2D eigenvalue weighted by molar-refractivity contribution is 5.94. The Bertz CT molecular complexity index is 818. The largest absolute Gasteiger partial charge is 0.446 e. The van der Waals surface area contributed by atoms with Gasteiger partial charge in [-0.2, -0.15) is 13.2 Å². The molecule has 1 heterocycles. The summed E-state index contributed by atoms with van der Waals surface area (Å²) in [5.41, 5.74) is -0.872. The number of nitrogens with zero attached hydrogens (tertiary/aromatic N) is 2. The Labute approximate surface area is 160 Å². The maximum absolute atomic E-state index is 12.9. The number of benzene rings is 1. The van der Waals surface area contributed by atoms with E-state index in [1.54, 1.807) is 0 Å². The molecule has 0 aliphatic heterocycles. The second-order valence-corrected chi connectivity index (χ2v) is 6.19. The number of aromatic nitrogens is 1. The molecule has 9 heteroatoms. The van der Waals surface area contributed by atoms with Crippen molar-refractivity contribution < 1.29 is 27.2 Å². The summed E-state index contributed by atoms with van der Waals surface area (Å²) in [5, 5.41) is 2.66. The quantitative estimate of drug-likeness (QED) is 0.733. The van der Waals surface area contributed by atoms with E-state index in [4.69, 9.17) is 4.42 Å². The molecule has 0 bridgehead atoms. The van der Waals surface area contributed by atoms with Gasteiger partial charge >= 0.3 is 6.18 Å². The van der Waals surface area contributed by atoms with Crippen LogP contribution in [0.15, 0.2) is 34.9 Å². The average Bonchev–Trinajstić information content (AvgIpc) is 3.13. The fourth-order valence-corrected chi connectivity index (χ4v) is 2.51. The lowest BCUT2D eigenvalue weighted by Gasteiger charge is -2.21. The third kappa shape index (κ3) is 5.58. The van der Waals surface area contributed by atoms with Gasteiger partial charge in [0.2, 0.25) is 5.89 Å². The highest BCUT2D eigenvalue weighted by atomic mass is 19.4. The highest BCUT2D eigenvalue weighted by Crippen LogP contribution is 2.29. The number of oxazole rings is 1. The summed E-state index contributed by atoms with van der Waals surface area (Å²) in [4.78, 5) is 30.0. The molecule has 0 aliphatic rings. The summed E-state index contributed by atoms with van der Waals surface area (Å²) < 4.78 is 44.0. The molecule has 6 nitrogen and oxygen atoms in total. The summed E-state index contributed by atoms with van der Waals surface area (Å²) in [7, 11) is 0. The van der Waals surface area contributed by atoms with E-state index < -0.39 is 17.6 Å². The molecule has 1 N–H and O–H groups in total. The van der Waals surface area contributed by atoms with Gasteiger partial charge in [0, 0.05) is 18.7 Å². The fraction of sp³-hybridized carbons (Fsp3) is 0.421. The van der Waals surface area contributed by atoms with Crippen LogP contribution in [-0.4, -0.2) is 34.8 Å². The Morgan fingerprint density at radius 1 is 1.21 bits per heavy atom. The number of hydrogen-bond donors (Lipinski definition) is 1. The van der Waals surface area contributed by atoms with Crippen molar-refractivity contribution in [1.29, 1.82) is 0 Å². The van der Waals surface area contributed by atoms with E-state index in [0.29, 0.717) is 19.5 Å². The minimum absolute atomic E-state index is 0.0516.